The lowest BCUT2D eigenvalue weighted by molar-refractivity contribution is -0.144. The Hall–Kier alpha value is -2.71. The van der Waals surface area contributed by atoms with E-state index in [9.17, 15) is 24.0 Å². The predicted molar refractivity (Wildman–Crippen MR) is 70.8 cm³/mol. The lowest BCUT2D eigenvalue weighted by Gasteiger charge is -2.18. The summed E-state index contributed by atoms with van der Waals surface area (Å²) in [5.41, 5.74) is 0. The van der Waals surface area contributed by atoms with E-state index in [1.165, 1.54) is 6.08 Å². The molecule has 1 heterocycles. The van der Waals surface area contributed by atoms with E-state index < -0.39 is 42.4 Å². The summed E-state index contributed by atoms with van der Waals surface area (Å²) in [5, 5.41) is 4.22. The van der Waals surface area contributed by atoms with E-state index >= 15 is 0 Å². The standard InChI is InChI=1S/C12H16N4O5/c1-4-5-13-11(20)14-8(17)6-15-9(18)10(19)16(7(2)3)12(15)21/h4,7H,1,5-6H2,2-3H3,(H2,13,14,17,20). The van der Waals surface area contributed by atoms with Gasteiger partial charge >= 0.3 is 23.9 Å². The Morgan fingerprint density at radius 3 is 2.33 bits per heavy atom. The van der Waals surface area contributed by atoms with Crippen LogP contribution in [-0.4, -0.2) is 58.7 Å². The van der Waals surface area contributed by atoms with Crippen LogP contribution in [0.4, 0.5) is 9.59 Å². The van der Waals surface area contributed by atoms with Gasteiger partial charge in [-0.25, -0.2) is 14.5 Å². The average molecular weight is 296 g/mol. The number of hydrogen-bond acceptors (Lipinski definition) is 5. The zero-order chi connectivity index (χ0) is 16.2. The SMILES string of the molecule is C=CCNC(=O)NC(=O)CN1C(=O)C(=O)N(C(C)C)C1=O. The van der Waals surface area contributed by atoms with Crippen LogP contribution in [0.1, 0.15) is 13.8 Å². The maximum atomic E-state index is 11.9. The van der Waals surface area contributed by atoms with Crippen LogP contribution in [0.2, 0.25) is 0 Å². The van der Waals surface area contributed by atoms with Gasteiger partial charge in [-0.15, -0.1) is 6.58 Å². The molecule has 0 radical (unpaired) electrons. The molecule has 9 nitrogen and oxygen atoms in total. The van der Waals surface area contributed by atoms with Crippen LogP contribution in [0.3, 0.4) is 0 Å². The molecule has 0 spiro atoms. The highest BCUT2D eigenvalue weighted by Crippen LogP contribution is 2.14. The van der Waals surface area contributed by atoms with Gasteiger partial charge < -0.3 is 5.32 Å². The lowest BCUT2D eigenvalue weighted by atomic mass is 10.3. The quantitative estimate of drug-likeness (QED) is 0.391. The summed E-state index contributed by atoms with van der Waals surface area (Å²) in [6, 6.07) is -2.16. The maximum Gasteiger partial charge on any atom is 0.334 e. The fraction of sp³-hybridized carbons (Fsp3) is 0.417. The van der Waals surface area contributed by atoms with Crippen molar-refractivity contribution >= 4 is 29.8 Å². The molecule has 1 aliphatic rings. The Morgan fingerprint density at radius 1 is 1.24 bits per heavy atom. The number of hydrogen-bond donors (Lipinski definition) is 2. The second-order valence-electron chi connectivity index (χ2n) is 4.49. The lowest BCUT2D eigenvalue weighted by Crippen LogP contribution is -2.46. The molecule has 0 bridgehead atoms. The van der Waals surface area contributed by atoms with Gasteiger partial charge in [-0.05, 0) is 13.8 Å². The predicted octanol–water partition coefficient (Wildman–Crippen LogP) is -0.803. The number of nitrogens with zero attached hydrogens (tertiary/aromatic N) is 2. The first-order chi connectivity index (χ1) is 9.79. The molecule has 0 saturated carbocycles. The minimum absolute atomic E-state index is 0.153. The summed E-state index contributed by atoms with van der Waals surface area (Å²) in [6.07, 6.45) is 1.41. The largest absolute Gasteiger partial charge is 0.334 e. The molecule has 114 valence electrons. The highest BCUT2D eigenvalue weighted by molar-refractivity contribution is 6.45. The van der Waals surface area contributed by atoms with E-state index in [0.717, 1.165) is 4.90 Å². The number of nitrogens with one attached hydrogen (secondary N) is 2. The van der Waals surface area contributed by atoms with Gasteiger partial charge in [0.05, 0.1) is 0 Å². The molecule has 0 aromatic rings. The van der Waals surface area contributed by atoms with E-state index in [-0.39, 0.29) is 6.54 Å². The third kappa shape index (κ3) is 3.65. The third-order valence-corrected chi connectivity index (χ3v) is 2.56. The second-order valence-corrected chi connectivity index (χ2v) is 4.49. The van der Waals surface area contributed by atoms with Crippen LogP contribution in [0.25, 0.3) is 0 Å². The maximum absolute atomic E-state index is 11.9. The minimum atomic E-state index is -1.09. The first kappa shape index (κ1) is 16.3. The van der Waals surface area contributed by atoms with E-state index in [4.69, 9.17) is 0 Å². The topological polar surface area (TPSA) is 116 Å². The highest BCUT2D eigenvalue weighted by atomic mass is 16.2. The van der Waals surface area contributed by atoms with Crippen LogP contribution in [0.15, 0.2) is 12.7 Å². The zero-order valence-electron chi connectivity index (χ0n) is 11.7. The molecular formula is C12H16N4O5. The highest BCUT2D eigenvalue weighted by Gasteiger charge is 2.46. The van der Waals surface area contributed by atoms with Gasteiger partial charge in [0, 0.05) is 12.6 Å². The van der Waals surface area contributed by atoms with Gasteiger partial charge in [-0.1, -0.05) is 6.08 Å². The van der Waals surface area contributed by atoms with Gasteiger partial charge in [-0.3, -0.25) is 24.6 Å². The zero-order valence-corrected chi connectivity index (χ0v) is 11.7. The fourth-order valence-corrected chi connectivity index (χ4v) is 1.64. The van der Waals surface area contributed by atoms with Crippen molar-refractivity contribution < 1.29 is 24.0 Å². The van der Waals surface area contributed by atoms with Crippen molar-refractivity contribution in [2.24, 2.45) is 0 Å². The Balaban J connectivity index is 2.66. The van der Waals surface area contributed by atoms with Gasteiger partial charge in [0.25, 0.3) is 0 Å². The summed E-state index contributed by atoms with van der Waals surface area (Å²) >= 11 is 0. The summed E-state index contributed by atoms with van der Waals surface area (Å²) in [4.78, 5) is 59.2. The molecule has 1 rings (SSSR count). The van der Waals surface area contributed by atoms with Crippen molar-refractivity contribution in [1.29, 1.82) is 0 Å². The molecule has 2 N–H and O–H groups in total. The summed E-state index contributed by atoms with van der Waals surface area (Å²) < 4.78 is 0. The molecule has 0 aromatic carbocycles. The van der Waals surface area contributed by atoms with Crippen LogP contribution in [0.5, 0.6) is 0 Å². The summed E-state index contributed by atoms with van der Waals surface area (Å²) in [6.45, 7) is 5.96. The molecule has 0 aromatic heterocycles. The van der Waals surface area contributed by atoms with Crippen molar-refractivity contribution in [1.82, 2.24) is 20.4 Å². The Bertz CT molecular complexity index is 514. The first-order valence-electron chi connectivity index (χ1n) is 6.17. The van der Waals surface area contributed by atoms with E-state index in [1.54, 1.807) is 13.8 Å². The van der Waals surface area contributed by atoms with Crippen molar-refractivity contribution in [2.45, 2.75) is 19.9 Å². The van der Waals surface area contributed by atoms with Crippen LogP contribution in [-0.2, 0) is 14.4 Å². The van der Waals surface area contributed by atoms with Gasteiger partial charge in [0.15, 0.2) is 0 Å². The van der Waals surface area contributed by atoms with Crippen LogP contribution in [0, 0.1) is 0 Å². The molecule has 7 amide bonds. The van der Waals surface area contributed by atoms with Crippen molar-refractivity contribution in [3.63, 3.8) is 0 Å². The monoisotopic (exact) mass is 296 g/mol. The van der Waals surface area contributed by atoms with E-state index in [2.05, 4.69) is 11.9 Å². The summed E-state index contributed by atoms with van der Waals surface area (Å²) in [5.74, 6) is -2.95. The van der Waals surface area contributed by atoms with Crippen LogP contribution < -0.4 is 10.6 Å². The number of rotatable bonds is 5. The molecular weight excluding hydrogens is 280 g/mol. The third-order valence-electron chi connectivity index (χ3n) is 2.56. The molecule has 1 saturated heterocycles. The smallest absolute Gasteiger partial charge is 0.334 e. The fourth-order valence-electron chi connectivity index (χ4n) is 1.64. The molecule has 0 unspecified atom stereocenters. The molecule has 0 atom stereocenters. The number of amides is 7. The van der Waals surface area contributed by atoms with Crippen LogP contribution >= 0.6 is 0 Å². The number of carbonyl (C=O) groups is 5. The van der Waals surface area contributed by atoms with Gasteiger partial charge in [0.1, 0.15) is 6.54 Å². The molecule has 1 fully saturated rings. The minimum Gasteiger partial charge on any atom is -0.334 e. The van der Waals surface area contributed by atoms with Gasteiger partial charge in [-0.2, -0.15) is 0 Å². The number of urea groups is 2. The Morgan fingerprint density at radius 2 is 1.86 bits per heavy atom. The Kier molecular flexibility index (Phi) is 5.17. The molecule has 21 heavy (non-hydrogen) atoms. The second kappa shape index (κ2) is 6.64. The van der Waals surface area contributed by atoms with E-state index in [0.29, 0.717) is 4.90 Å². The molecule has 1 aliphatic heterocycles. The molecule has 0 aliphatic carbocycles. The van der Waals surface area contributed by atoms with Gasteiger partial charge in [0.2, 0.25) is 5.91 Å². The molecule has 9 heteroatoms. The van der Waals surface area contributed by atoms with Crippen molar-refractivity contribution in [3.8, 4) is 0 Å². The Labute approximate surface area is 120 Å². The average Bonchev–Trinajstić information content (AvgIpc) is 2.60. The first-order valence-corrected chi connectivity index (χ1v) is 6.17. The van der Waals surface area contributed by atoms with E-state index in [1.807, 2.05) is 5.32 Å². The normalized spacial score (nSPS) is 14.7. The van der Waals surface area contributed by atoms with Crippen molar-refractivity contribution in [2.75, 3.05) is 13.1 Å². The number of imide groups is 3. The van der Waals surface area contributed by atoms with Crippen molar-refractivity contribution in [3.05, 3.63) is 12.7 Å². The summed E-state index contributed by atoms with van der Waals surface area (Å²) in [7, 11) is 0. The number of carbonyl (C=O) groups excluding carboxylic acids is 5.